The van der Waals surface area contributed by atoms with Gasteiger partial charge < -0.3 is 0 Å². The van der Waals surface area contributed by atoms with Gasteiger partial charge in [0.25, 0.3) is 0 Å². The van der Waals surface area contributed by atoms with Crippen LogP contribution in [-0.4, -0.2) is 6.04 Å². The van der Waals surface area contributed by atoms with E-state index in [1.54, 1.807) is 6.07 Å². The highest BCUT2D eigenvalue weighted by Crippen LogP contribution is 2.25. The molecule has 1 heterocycles. The van der Waals surface area contributed by atoms with Gasteiger partial charge in [-0.25, -0.2) is 0 Å². The van der Waals surface area contributed by atoms with Crippen molar-refractivity contribution < 1.29 is 9.18 Å². The number of benzene rings is 1. The van der Waals surface area contributed by atoms with E-state index in [9.17, 15) is 9.18 Å². The highest BCUT2D eigenvalue weighted by atomic mass is 32.1. The smallest absolute Gasteiger partial charge is 0.254 e. The second-order valence-corrected chi connectivity index (χ2v) is 3.51. The summed E-state index contributed by atoms with van der Waals surface area (Å²) < 4.78 is 13.2. The van der Waals surface area contributed by atoms with Crippen LogP contribution < -0.4 is 0 Å². The Hall–Kier alpha value is -1.22. The molecule has 0 spiro atoms. The molecule has 0 aliphatic heterocycles. The maximum Gasteiger partial charge on any atom is 0.342 e. The number of carbonyl (C=O) groups is 1. The quantitative estimate of drug-likeness (QED) is 0.616. The van der Waals surface area contributed by atoms with Crippen LogP contribution in [0.3, 0.4) is 0 Å². The van der Waals surface area contributed by atoms with Crippen molar-refractivity contribution in [1.82, 2.24) is 0 Å². The molecule has 0 bridgehead atoms. The molecular formula is C9H5FOS. The third-order valence-corrected chi connectivity index (χ3v) is 2.71. The maximum absolute atomic E-state index is 12.2. The zero-order valence-electron chi connectivity index (χ0n) is 6.08. The average Bonchev–Trinajstić information content (AvgIpc) is 2.46. The standard InChI is InChI=1S/C9H5FOS/c10-9(11)8-5-6-3-1-2-4-7(6)12-8/h1-5H. The number of thiophene rings is 1. The van der Waals surface area contributed by atoms with Crippen molar-refractivity contribution in [2.75, 3.05) is 0 Å². The van der Waals surface area contributed by atoms with Gasteiger partial charge in [0.05, 0.1) is 0 Å². The predicted molar refractivity (Wildman–Crippen MR) is 47.3 cm³/mol. The molecule has 0 radical (unpaired) electrons. The molecule has 0 saturated heterocycles. The number of rotatable bonds is 1. The van der Waals surface area contributed by atoms with Gasteiger partial charge in [0.2, 0.25) is 0 Å². The molecular weight excluding hydrogens is 175 g/mol. The lowest BCUT2D eigenvalue weighted by Gasteiger charge is -1.82. The predicted octanol–water partition coefficient (Wildman–Crippen LogP) is 3.01. The number of hydrogen-bond donors (Lipinski definition) is 0. The topological polar surface area (TPSA) is 17.1 Å². The van der Waals surface area contributed by atoms with E-state index >= 15 is 0 Å². The normalized spacial score (nSPS) is 10.4. The van der Waals surface area contributed by atoms with Crippen molar-refractivity contribution in [2.45, 2.75) is 0 Å². The van der Waals surface area contributed by atoms with E-state index in [-0.39, 0.29) is 4.88 Å². The lowest BCUT2D eigenvalue weighted by Crippen LogP contribution is -1.80. The molecule has 0 amide bonds. The van der Waals surface area contributed by atoms with Gasteiger partial charge >= 0.3 is 6.04 Å². The Morgan fingerprint density at radius 3 is 2.75 bits per heavy atom. The zero-order chi connectivity index (χ0) is 8.55. The van der Waals surface area contributed by atoms with Crippen molar-refractivity contribution in [3.05, 3.63) is 35.2 Å². The third-order valence-electron chi connectivity index (χ3n) is 1.62. The first-order chi connectivity index (χ1) is 5.77. The molecule has 12 heavy (non-hydrogen) atoms. The summed E-state index contributed by atoms with van der Waals surface area (Å²) in [4.78, 5) is 10.5. The van der Waals surface area contributed by atoms with E-state index in [2.05, 4.69) is 0 Å². The Bertz CT molecular complexity index is 400. The summed E-state index contributed by atoms with van der Waals surface area (Å²) in [6.45, 7) is 0. The largest absolute Gasteiger partial charge is 0.342 e. The van der Waals surface area contributed by atoms with Crippen molar-refractivity contribution in [2.24, 2.45) is 0 Å². The van der Waals surface area contributed by atoms with E-state index in [1.807, 2.05) is 24.3 Å². The monoisotopic (exact) mass is 180 g/mol. The van der Waals surface area contributed by atoms with Crippen LogP contribution in [0.5, 0.6) is 0 Å². The van der Waals surface area contributed by atoms with Crippen LogP contribution in [0, 0.1) is 0 Å². The van der Waals surface area contributed by atoms with Gasteiger partial charge in [-0.05, 0) is 17.5 Å². The molecule has 1 aromatic heterocycles. The van der Waals surface area contributed by atoms with Gasteiger partial charge in [0.15, 0.2) is 0 Å². The van der Waals surface area contributed by atoms with Crippen LogP contribution in [0.2, 0.25) is 0 Å². The summed E-state index contributed by atoms with van der Waals surface area (Å²) >= 11 is 1.18. The van der Waals surface area contributed by atoms with Crippen LogP contribution in [0.1, 0.15) is 9.67 Å². The molecule has 0 aliphatic carbocycles. The average molecular weight is 180 g/mol. The molecule has 3 heteroatoms. The van der Waals surface area contributed by atoms with Gasteiger partial charge in [-0.15, -0.1) is 11.3 Å². The van der Waals surface area contributed by atoms with Crippen LogP contribution in [0.15, 0.2) is 30.3 Å². The molecule has 0 atom stereocenters. The third kappa shape index (κ3) is 1.12. The summed E-state index contributed by atoms with van der Waals surface area (Å²) in [6.07, 6.45) is 0. The Morgan fingerprint density at radius 2 is 2.08 bits per heavy atom. The number of fused-ring (bicyclic) bond motifs is 1. The fraction of sp³-hybridized carbons (Fsp3) is 0. The summed E-state index contributed by atoms with van der Waals surface area (Å²) in [5.74, 6) is 0. The summed E-state index contributed by atoms with van der Waals surface area (Å²) in [5, 5.41) is 0.920. The Morgan fingerprint density at radius 1 is 1.33 bits per heavy atom. The first kappa shape index (κ1) is 7.43. The Labute approximate surface area is 72.4 Å². The van der Waals surface area contributed by atoms with Crippen LogP contribution >= 0.6 is 11.3 Å². The van der Waals surface area contributed by atoms with E-state index < -0.39 is 6.04 Å². The van der Waals surface area contributed by atoms with E-state index in [1.165, 1.54) is 11.3 Å². The van der Waals surface area contributed by atoms with Crippen molar-refractivity contribution in [3.63, 3.8) is 0 Å². The first-order valence-electron chi connectivity index (χ1n) is 3.46. The molecule has 2 rings (SSSR count). The molecule has 1 aromatic carbocycles. The molecule has 60 valence electrons. The lowest BCUT2D eigenvalue weighted by atomic mass is 10.2. The second kappa shape index (κ2) is 2.68. The number of hydrogen-bond acceptors (Lipinski definition) is 2. The molecule has 0 fully saturated rings. The summed E-state index contributed by atoms with van der Waals surface area (Å²) in [6, 6.07) is 7.68. The first-order valence-corrected chi connectivity index (χ1v) is 4.27. The minimum absolute atomic E-state index is 0.177. The van der Waals surface area contributed by atoms with Gasteiger partial charge in [-0.3, -0.25) is 4.79 Å². The highest BCUT2D eigenvalue weighted by molar-refractivity contribution is 7.20. The van der Waals surface area contributed by atoms with E-state index in [0.717, 1.165) is 10.1 Å². The highest BCUT2D eigenvalue weighted by Gasteiger charge is 2.07. The molecule has 0 unspecified atom stereocenters. The van der Waals surface area contributed by atoms with E-state index in [4.69, 9.17) is 0 Å². The minimum atomic E-state index is -1.35. The van der Waals surface area contributed by atoms with Gasteiger partial charge in [-0.1, -0.05) is 18.2 Å². The molecule has 1 nitrogen and oxygen atoms in total. The van der Waals surface area contributed by atoms with Crippen molar-refractivity contribution in [3.8, 4) is 0 Å². The zero-order valence-corrected chi connectivity index (χ0v) is 6.90. The van der Waals surface area contributed by atoms with Crippen LogP contribution in [-0.2, 0) is 0 Å². The molecule has 0 N–H and O–H groups in total. The van der Waals surface area contributed by atoms with Gasteiger partial charge in [-0.2, -0.15) is 4.39 Å². The Balaban J connectivity index is 2.70. The molecule has 0 saturated carbocycles. The SMILES string of the molecule is O=C(F)c1cc2ccccc2s1. The fourth-order valence-corrected chi connectivity index (χ4v) is 1.97. The van der Waals surface area contributed by atoms with Crippen molar-refractivity contribution in [1.29, 1.82) is 0 Å². The second-order valence-electron chi connectivity index (χ2n) is 2.42. The van der Waals surface area contributed by atoms with Gasteiger partial charge in [0, 0.05) is 4.70 Å². The van der Waals surface area contributed by atoms with Gasteiger partial charge in [0.1, 0.15) is 4.88 Å². The van der Waals surface area contributed by atoms with Crippen molar-refractivity contribution >= 4 is 27.5 Å². The number of carbonyl (C=O) groups excluding carboxylic acids is 1. The fourth-order valence-electron chi connectivity index (χ4n) is 1.08. The van der Waals surface area contributed by atoms with Crippen LogP contribution in [0.4, 0.5) is 4.39 Å². The lowest BCUT2D eigenvalue weighted by molar-refractivity contribution is 0.0840. The van der Waals surface area contributed by atoms with E-state index in [0.29, 0.717) is 0 Å². The maximum atomic E-state index is 12.2. The Kier molecular flexibility index (Phi) is 1.66. The minimum Gasteiger partial charge on any atom is -0.254 e. The van der Waals surface area contributed by atoms with Crippen LogP contribution in [0.25, 0.3) is 10.1 Å². The summed E-state index contributed by atoms with van der Waals surface area (Å²) in [7, 11) is 0. The molecule has 0 aliphatic rings. The number of halogens is 1. The molecule has 2 aromatic rings. The summed E-state index contributed by atoms with van der Waals surface area (Å²) in [5.41, 5.74) is 0.